The van der Waals surface area contributed by atoms with E-state index in [1.165, 1.54) is 35.0 Å². The summed E-state index contributed by atoms with van der Waals surface area (Å²) in [5.74, 6) is -0.766. The number of halogens is 1. The van der Waals surface area contributed by atoms with Gasteiger partial charge in [0.1, 0.15) is 5.82 Å². The Kier molecular flexibility index (Phi) is 6.27. The van der Waals surface area contributed by atoms with Crippen LogP contribution in [0.3, 0.4) is 0 Å². The normalized spacial score (nSPS) is 10.2. The van der Waals surface area contributed by atoms with Gasteiger partial charge >= 0.3 is 6.03 Å². The van der Waals surface area contributed by atoms with E-state index in [9.17, 15) is 18.8 Å². The molecule has 0 aliphatic heterocycles. The molecule has 1 aromatic heterocycles. The Labute approximate surface area is 143 Å². The maximum absolute atomic E-state index is 12.8. The van der Waals surface area contributed by atoms with Gasteiger partial charge in [0.25, 0.3) is 5.56 Å². The van der Waals surface area contributed by atoms with E-state index in [0.29, 0.717) is 12.2 Å². The monoisotopic (exact) mass is 346 g/mol. The van der Waals surface area contributed by atoms with Crippen molar-refractivity contribution >= 4 is 17.6 Å². The molecule has 3 amide bonds. The third-order valence-electron chi connectivity index (χ3n) is 3.38. The van der Waals surface area contributed by atoms with Gasteiger partial charge in [-0.3, -0.25) is 9.59 Å². The van der Waals surface area contributed by atoms with Crippen molar-refractivity contribution in [1.82, 2.24) is 15.2 Å². The number of carbonyl (C=O) groups is 2. The van der Waals surface area contributed by atoms with Crippen LogP contribution in [0, 0.1) is 5.82 Å². The summed E-state index contributed by atoms with van der Waals surface area (Å²) in [6.45, 7) is 2.31. The van der Waals surface area contributed by atoms with Gasteiger partial charge in [-0.2, -0.15) is 0 Å². The molecule has 0 atom stereocenters. The number of rotatable bonds is 6. The van der Waals surface area contributed by atoms with E-state index in [0.717, 1.165) is 5.56 Å². The smallest absolute Gasteiger partial charge is 0.315 e. The first kappa shape index (κ1) is 18.2. The van der Waals surface area contributed by atoms with Crippen molar-refractivity contribution in [2.24, 2.45) is 0 Å². The average molecular weight is 346 g/mol. The van der Waals surface area contributed by atoms with Crippen LogP contribution >= 0.6 is 0 Å². The Balaban J connectivity index is 1.76. The molecule has 25 heavy (non-hydrogen) atoms. The van der Waals surface area contributed by atoms with Crippen molar-refractivity contribution in [3.63, 3.8) is 0 Å². The SMILES string of the molecule is CCn1cc(NC(=O)CNC(=O)NCc2ccc(F)cc2)ccc1=O. The number of aromatic nitrogens is 1. The Bertz CT molecular complexity index is 802. The number of anilines is 1. The van der Waals surface area contributed by atoms with Crippen LogP contribution in [0.25, 0.3) is 0 Å². The largest absolute Gasteiger partial charge is 0.334 e. The lowest BCUT2D eigenvalue weighted by atomic mass is 10.2. The second kappa shape index (κ2) is 8.62. The zero-order chi connectivity index (χ0) is 18.2. The summed E-state index contributed by atoms with van der Waals surface area (Å²) in [7, 11) is 0. The fraction of sp³-hybridized carbons (Fsp3) is 0.235. The van der Waals surface area contributed by atoms with Crippen molar-refractivity contribution in [2.45, 2.75) is 20.0 Å². The summed E-state index contributed by atoms with van der Waals surface area (Å²) >= 11 is 0. The lowest BCUT2D eigenvalue weighted by Crippen LogP contribution is -2.39. The Morgan fingerprint density at radius 3 is 2.48 bits per heavy atom. The van der Waals surface area contributed by atoms with Crippen molar-refractivity contribution < 1.29 is 14.0 Å². The molecule has 3 N–H and O–H groups in total. The van der Waals surface area contributed by atoms with Crippen molar-refractivity contribution in [2.75, 3.05) is 11.9 Å². The Hall–Kier alpha value is -3.16. The summed E-state index contributed by atoms with van der Waals surface area (Å²) in [6.07, 6.45) is 1.54. The van der Waals surface area contributed by atoms with E-state index >= 15 is 0 Å². The van der Waals surface area contributed by atoms with Crippen LogP contribution in [0.15, 0.2) is 47.4 Å². The van der Waals surface area contributed by atoms with Gasteiger partial charge in [-0.1, -0.05) is 12.1 Å². The standard InChI is InChI=1S/C17H19FN4O3/c1-2-22-11-14(7-8-16(22)24)21-15(23)10-20-17(25)19-9-12-3-5-13(18)6-4-12/h3-8,11H,2,9-10H2,1H3,(H,21,23)(H2,19,20,25). The van der Waals surface area contributed by atoms with E-state index in [4.69, 9.17) is 0 Å². The van der Waals surface area contributed by atoms with Gasteiger partial charge in [-0.15, -0.1) is 0 Å². The molecule has 0 aliphatic carbocycles. The van der Waals surface area contributed by atoms with Gasteiger partial charge in [0.05, 0.1) is 12.2 Å². The van der Waals surface area contributed by atoms with Crippen LogP contribution in [-0.4, -0.2) is 23.1 Å². The van der Waals surface area contributed by atoms with Crippen LogP contribution in [0.1, 0.15) is 12.5 Å². The van der Waals surface area contributed by atoms with Gasteiger partial charge in [-0.05, 0) is 30.7 Å². The van der Waals surface area contributed by atoms with Gasteiger partial charge in [-0.25, -0.2) is 9.18 Å². The first-order valence-corrected chi connectivity index (χ1v) is 7.74. The minimum atomic E-state index is -0.516. The topological polar surface area (TPSA) is 92.2 Å². The summed E-state index contributed by atoms with van der Waals surface area (Å²) in [4.78, 5) is 35.0. The van der Waals surface area contributed by atoms with Crippen LogP contribution in [0.5, 0.6) is 0 Å². The van der Waals surface area contributed by atoms with Crippen LogP contribution in [0.2, 0.25) is 0 Å². The second-order valence-corrected chi connectivity index (χ2v) is 5.25. The van der Waals surface area contributed by atoms with Crippen LogP contribution in [0.4, 0.5) is 14.9 Å². The zero-order valence-electron chi connectivity index (χ0n) is 13.7. The highest BCUT2D eigenvalue weighted by molar-refractivity contribution is 5.94. The molecule has 7 nitrogen and oxygen atoms in total. The fourth-order valence-corrected chi connectivity index (χ4v) is 2.07. The third kappa shape index (κ3) is 5.76. The van der Waals surface area contributed by atoms with Crippen molar-refractivity contribution in [3.05, 3.63) is 64.3 Å². The van der Waals surface area contributed by atoms with E-state index in [2.05, 4.69) is 16.0 Å². The van der Waals surface area contributed by atoms with Crippen LogP contribution < -0.4 is 21.5 Å². The molecule has 0 radical (unpaired) electrons. The molecule has 1 aromatic carbocycles. The Morgan fingerprint density at radius 2 is 1.80 bits per heavy atom. The van der Waals surface area contributed by atoms with E-state index in [1.54, 1.807) is 12.1 Å². The van der Waals surface area contributed by atoms with Crippen molar-refractivity contribution in [3.8, 4) is 0 Å². The summed E-state index contributed by atoms with van der Waals surface area (Å²) in [5.41, 5.74) is 1.06. The van der Waals surface area contributed by atoms with E-state index in [1.807, 2.05) is 6.92 Å². The van der Waals surface area contributed by atoms with E-state index in [-0.39, 0.29) is 24.5 Å². The summed E-state index contributed by atoms with van der Waals surface area (Å²) in [6, 6.07) is 8.08. The third-order valence-corrected chi connectivity index (χ3v) is 3.38. The maximum Gasteiger partial charge on any atom is 0.315 e. The van der Waals surface area contributed by atoms with Gasteiger partial charge < -0.3 is 20.5 Å². The van der Waals surface area contributed by atoms with Gasteiger partial charge in [0.2, 0.25) is 5.91 Å². The average Bonchev–Trinajstić information content (AvgIpc) is 2.61. The number of amides is 3. The number of hydrogen-bond acceptors (Lipinski definition) is 3. The molecule has 0 saturated carbocycles. The molecular weight excluding hydrogens is 327 g/mol. The summed E-state index contributed by atoms with van der Waals surface area (Å²) in [5, 5.41) is 7.58. The first-order valence-electron chi connectivity index (χ1n) is 7.74. The predicted molar refractivity (Wildman–Crippen MR) is 91.6 cm³/mol. The zero-order valence-corrected chi connectivity index (χ0v) is 13.7. The van der Waals surface area contributed by atoms with E-state index < -0.39 is 11.9 Å². The number of urea groups is 1. The molecule has 132 valence electrons. The van der Waals surface area contributed by atoms with Gasteiger partial charge in [0, 0.05) is 25.4 Å². The van der Waals surface area contributed by atoms with Crippen LogP contribution in [-0.2, 0) is 17.9 Å². The lowest BCUT2D eigenvalue weighted by molar-refractivity contribution is -0.115. The molecule has 0 aliphatic rings. The number of hydrogen-bond donors (Lipinski definition) is 3. The molecule has 0 unspecified atom stereocenters. The molecule has 0 bridgehead atoms. The highest BCUT2D eigenvalue weighted by Crippen LogP contribution is 2.03. The van der Waals surface area contributed by atoms with Crippen molar-refractivity contribution in [1.29, 1.82) is 0 Å². The number of benzene rings is 1. The molecule has 2 aromatic rings. The lowest BCUT2D eigenvalue weighted by Gasteiger charge is -2.10. The minimum Gasteiger partial charge on any atom is -0.334 e. The Morgan fingerprint density at radius 1 is 1.08 bits per heavy atom. The second-order valence-electron chi connectivity index (χ2n) is 5.25. The number of pyridine rings is 1. The molecular formula is C17H19FN4O3. The molecule has 1 heterocycles. The first-order chi connectivity index (χ1) is 12.0. The molecule has 0 saturated heterocycles. The number of nitrogens with one attached hydrogen (secondary N) is 3. The maximum atomic E-state index is 12.8. The number of carbonyl (C=O) groups excluding carboxylic acids is 2. The number of aryl methyl sites for hydroxylation is 1. The number of nitrogens with zero attached hydrogens (tertiary/aromatic N) is 1. The molecule has 2 rings (SSSR count). The predicted octanol–water partition coefficient (Wildman–Crippen LogP) is 1.45. The van der Waals surface area contributed by atoms with Gasteiger partial charge in [0.15, 0.2) is 0 Å². The highest BCUT2D eigenvalue weighted by Gasteiger charge is 2.06. The molecule has 0 fully saturated rings. The highest BCUT2D eigenvalue weighted by atomic mass is 19.1. The quantitative estimate of drug-likeness (QED) is 0.739. The minimum absolute atomic E-state index is 0.154. The molecule has 8 heteroatoms. The summed E-state index contributed by atoms with van der Waals surface area (Å²) < 4.78 is 14.2. The molecule has 0 spiro atoms. The fourth-order valence-electron chi connectivity index (χ4n) is 2.07.